The van der Waals surface area contributed by atoms with Crippen LogP contribution >= 0.6 is 0 Å². The van der Waals surface area contributed by atoms with E-state index in [4.69, 9.17) is 14.2 Å². The molecule has 0 spiro atoms. The lowest BCUT2D eigenvalue weighted by Gasteiger charge is -2.18. The minimum absolute atomic E-state index is 0.0872. The molecule has 0 saturated carbocycles. The highest BCUT2D eigenvalue weighted by atomic mass is 16.6. The Kier molecular flexibility index (Phi) is 43.9. The molecule has 6 nitrogen and oxygen atoms in total. The summed E-state index contributed by atoms with van der Waals surface area (Å²) in [5.74, 6) is -0.945. The van der Waals surface area contributed by atoms with Crippen molar-refractivity contribution in [1.29, 1.82) is 0 Å². The smallest absolute Gasteiger partial charge is 0.306 e. The second-order valence-electron chi connectivity index (χ2n) is 16.0. The molecule has 1 atom stereocenters. The summed E-state index contributed by atoms with van der Waals surface area (Å²) in [6.45, 7) is 6.54. The second-order valence-corrected chi connectivity index (χ2v) is 16.0. The van der Waals surface area contributed by atoms with E-state index in [1.54, 1.807) is 0 Å². The van der Waals surface area contributed by atoms with Crippen LogP contribution in [0.1, 0.15) is 239 Å². The van der Waals surface area contributed by atoms with Gasteiger partial charge in [-0.1, -0.05) is 211 Å². The van der Waals surface area contributed by atoms with Crippen LogP contribution in [0, 0.1) is 0 Å². The third-order valence-corrected chi connectivity index (χ3v) is 10.3. The average Bonchev–Trinajstić information content (AvgIpc) is 3.21. The molecule has 0 N–H and O–H groups in total. The van der Waals surface area contributed by atoms with Crippen LogP contribution in [-0.2, 0) is 28.6 Å². The normalized spacial score (nSPS) is 12.4. The van der Waals surface area contributed by atoms with E-state index in [9.17, 15) is 14.4 Å². The predicted molar refractivity (Wildman–Crippen MR) is 242 cm³/mol. The van der Waals surface area contributed by atoms with Crippen molar-refractivity contribution in [3.63, 3.8) is 0 Å². The van der Waals surface area contributed by atoms with Crippen molar-refractivity contribution >= 4 is 17.9 Å². The molecule has 0 aliphatic rings. The molecule has 0 aliphatic carbocycles. The van der Waals surface area contributed by atoms with Gasteiger partial charge in [-0.05, 0) is 57.8 Å². The Balaban J connectivity index is 4.42. The van der Waals surface area contributed by atoms with Gasteiger partial charge in [0.25, 0.3) is 0 Å². The highest BCUT2D eigenvalue weighted by Gasteiger charge is 2.19. The van der Waals surface area contributed by atoms with Gasteiger partial charge >= 0.3 is 17.9 Å². The SMILES string of the molecule is CCCCC/C=C\C/C=C\C/C=C\C/C=C\CCCC(=O)OCC(COC(=O)CCCCCCCCCCC)OC(=O)CCCCCCCCCCCCCCC. The quantitative estimate of drug-likeness (QED) is 0.0265. The fourth-order valence-corrected chi connectivity index (χ4v) is 6.67. The Hall–Kier alpha value is -2.63. The van der Waals surface area contributed by atoms with E-state index in [1.165, 1.54) is 128 Å². The van der Waals surface area contributed by atoms with Gasteiger partial charge in [0.05, 0.1) is 0 Å². The van der Waals surface area contributed by atoms with Crippen LogP contribution in [-0.4, -0.2) is 37.2 Å². The average molecular weight is 799 g/mol. The maximum Gasteiger partial charge on any atom is 0.306 e. The standard InChI is InChI=1S/C51H90O6/c1-4-7-10-13-16-19-21-23-24-25-26-28-29-32-35-38-41-44-50(53)56-47-48(46-55-49(52)43-40-37-34-31-18-15-12-9-6-3)57-51(54)45-42-39-36-33-30-27-22-20-17-14-11-8-5-2/h16,19,23-24,26,28,32,35,48H,4-15,17-18,20-22,25,27,29-31,33-34,36-47H2,1-3H3/b19-16-,24-23-,28-26-,35-32-. The lowest BCUT2D eigenvalue weighted by molar-refractivity contribution is -0.167. The molecule has 0 aromatic rings. The Morgan fingerprint density at radius 2 is 0.649 bits per heavy atom. The summed E-state index contributed by atoms with van der Waals surface area (Å²) in [6.07, 6.45) is 53.8. The number of carbonyl (C=O) groups excluding carboxylic acids is 3. The van der Waals surface area contributed by atoms with Crippen LogP contribution < -0.4 is 0 Å². The first-order chi connectivity index (χ1) is 28.0. The largest absolute Gasteiger partial charge is 0.462 e. The van der Waals surface area contributed by atoms with Crippen molar-refractivity contribution in [2.24, 2.45) is 0 Å². The van der Waals surface area contributed by atoms with Crippen LogP contribution in [0.25, 0.3) is 0 Å². The third-order valence-electron chi connectivity index (χ3n) is 10.3. The number of unbranched alkanes of at least 4 members (excludes halogenated alkanes) is 24. The Bertz CT molecular complexity index is 1010. The number of carbonyl (C=O) groups is 3. The molecule has 0 aliphatic heterocycles. The monoisotopic (exact) mass is 799 g/mol. The topological polar surface area (TPSA) is 78.9 Å². The fraction of sp³-hybridized carbons (Fsp3) is 0.784. The van der Waals surface area contributed by atoms with Crippen LogP contribution in [0.5, 0.6) is 0 Å². The second kappa shape index (κ2) is 46.1. The van der Waals surface area contributed by atoms with E-state index in [0.29, 0.717) is 19.3 Å². The van der Waals surface area contributed by atoms with Crippen LogP contribution in [0.15, 0.2) is 48.6 Å². The number of hydrogen-bond acceptors (Lipinski definition) is 6. The highest BCUT2D eigenvalue weighted by molar-refractivity contribution is 5.71. The van der Waals surface area contributed by atoms with E-state index in [2.05, 4.69) is 69.4 Å². The molecular formula is C51H90O6. The zero-order valence-corrected chi connectivity index (χ0v) is 37.6. The molecule has 0 amide bonds. The van der Waals surface area contributed by atoms with E-state index < -0.39 is 6.10 Å². The third kappa shape index (κ3) is 44.3. The van der Waals surface area contributed by atoms with Crippen LogP contribution in [0.2, 0.25) is 0 Å². The van der Waals surface area contributed by atoms with E-state index >= 15 is 0 Å². The Morgan fingerprint density at radius 3 is 1.05 bits per heavy atom. The summed E-state index contributed by atoms with van der Waals surface area (Å²) in [7, 11) is 0. The van der Waals surface area contributed by atoms with E-state index in [0.717, 1.165) is 64.2 Å². The molecule has 330 valence electrons. The summed E-state index contributed by atoms with van der Waals surface area (Å²) in [5, 5.41) is 0. The number of ether oxygens (including phenoxy) is 3. The first-order valence-electron chi connectivity index (χ1n) is 24.1. The number of esters is 3. The molecular weight excluding hydrogens is 709 g/mol. The summed E-state index contributed by atoms with van der Waals surface area (Å²) in [4.78, 5) is 37.7. The van der Waals surface area contributed by atoms with Crippen molar-refractivity contribution in [1.82, 2.24) is 0 Å². The van der Waals surface area contributed by atoms with Gasteiger partial charge in [0.2, 0.25) is 0 Å². The van der Waals surface area contributed by atoms with Gasteiger partial charge in [-0.25, -0.2) is 0 Å². The molecule has 0 saturated heterocycles. The van der Waals surface area contributed by atoms with Crippen molar-refractivity contribution in [3.05, 3.63) is 48.6 Å². The minimum atomic E-state index is -0.788. The van der Waals surface area contributed by atoms with Crippen molar-refractivity contribution in [2.75, 3.05) is 13.2 Å². The van der Waals surface area contributed by atoms with Gasteiger partial charge in [-0.15, -0.1) is 0 Å². The molecule has 0 fully saturated rings. The number of hydrogen-bond donors (Lipinski definition) is 0. The minimum Gasteiger partial charge on any atom is -0.462 e. The lowest BCUT2D eigenvalue weighted by atomic mass is 10.0. The number of allylic oxidation sites excluding steroid dienone is 8. The van der Waals surface area contributed by atoms with Crippen LogP contribution in [0.4, 0.5) is 0 Å². The van der Waals surface area contributed by atoms with Crippen molar-refractivity contribution < 1.29 is 28.6 Å². The van der Waals surface area contributed by atoms with Crippen molar-refractivity contribution in [2.45, 2.75) is 245 Å². The first kappa shape index (κ1) is 54.4. The maximum atomic E-state index is 12.7. The Morgan fingerprint density at radius 1 is 0.351 bits per heavy atom. The summed E-state index contributed by atoms with van der Waals surface area (Å²) >= 11 is 0. The van der Waals surface area contributed by atoms with E-state index in [-0.39, 0.29) is 37.5 Å². The maximum absolute atomic E-state index is 12.7. The Labute approximate surface area is 352 Å². The molecule has 1 unspecified atom stereocenters. The van der Waals surface area contributed by atoms with Gasteiger partial charge in [0.15, 0.2) is 6.10 Å². The molecule has 0 aromatic heterocycles. The molecule has 0 radical (unpaired) electrons. The first-order valence-corrected chi connectivity index (χ1v) is 24.1. The van der Waals surface area contributed by atoms with Gasteiger partial charge in [-0.2, -0.15) is 0 Å². The number of rotatable bonds is 43. The van der Waals surface area contributed by atoms with Gasteiger partial charge in [-0.3, -0.25) is 14.4 Å². The molecule has 0 aromatic carbocycles. The molecule has 0 bridgehead atoms. The summed E-state index contributed by atoms with van der Waals surface area (Å²) < 4.78 is 16.7. The summed E-state index contributed by atoms with van der Waals surface area (Å²) in [6, 6.07) is 0. The van der Waals surface area contributed by atoms with E-state index in [1.807, 2.05) is 0 Å². The van der Waals surface area contributed by atoms with Gasteiger partial charge in [0.1, 0.15) is 13.2 Å². The predicted octanol–water partition coefficient (Wildman–Crippen LogP) is 15.5. The molecule has 0 rings (SSSR count). The van der Waals surface area contributed by atoms with Gasteiger partial charge < -0.3 is 14.2 Å². The lowest BCUT2D eigenvalue weighted by Crippen LogP contribution is -2.30. The molecule has 0 heterocycles. The zero-order valence-electron chi connectivity index (χ0n) is 37.6. The van der Waals surface area contributed by atoms with Crippen LogP contribution in [0.3, 0.4) is 0 Å². The van der Waals surface area contributed by atoms with Gasteiger partial charge in [0, 0.05) is 19.3 Å². The summed E-state index contributed by atoms with van der Waals surface area (Å²) in [5.41, 5.74) is 0. The highest BCUT2D eigenvalue weighted by Crippen LogP contribution is 2.15. The van der Waals surface area contributed by atoms with Crippen molar-refractivity contribution in [3.8, 4) is 0 Å². The molecule has 57 heavy (non-hydrogen) atoms. The zero-order chi connectivity index (χ0) is 41.5. The molecule has 6 heteroatoms. The fourth-order valence-electron chi connectivity index (χ4n) is 6.67.